The highest BCUT2D eigenvalue weighted by molar-refractivity contribution is 8.15. The number of nitrogens with zero attached hydrogens (tertiary/aromatic N) is 4. The zero-order valence-electron chi connectivity index (χ0n) is 28.9. The maximum absolute atomic E-state index is 14.8. The molecule has 0 aromatic heterocycles. The molecule has 44 heavy (non-hydrogen) atoms. The van der Waals surface area contributed by atoms with Gasteiger partial charge in [0.05, 0.1) is 5.25 Å². The normalized spacial score (nSPS) is 14.5. The first-order valence-corrected chi connectivity index (χ1v) is 19.0. The van der Waals surface area contributed by atoms with Crippen molar-refractivity contribution in [3.05, 3.63) is 0 Å². The van der Waals surface area contributed by atoms with Crippen molar-refractivity contribution in [3.63, 3.8) is 0 Å². The van der Waals surface area contributed by atoms with Crippen LogP contribution in [0.4, 0.5) is 9.59 Å². The summed E-state index contributed by atoms with van der Waals surface area (Å²) in [6.07, 6.45) is 0. The average molecular weight is 697 g/mol. The van der Waals surface area contributed by atoms with Crippen molar-refractivity contribution in [2.75, 3.05) is 58.1 Å². The molecule has 0 heterocycles. The van der Waals surface area contributed by atoms with E-state index in [2.05, 4.69) is 0 Å². The second-order valence-corrected chi connectivity index (χ2v) is 15.1. The Balaban J connectivity index is 7.78. The van der Waals surface area contributed by atoms with E-state index in [9.17, 15) is 27.6 Å². The van der Waals surface area contributed by atoms with Crippen molar-refractivity contribution in [1.82, 2.24) is 19.6 Å². The molecule has 254 valence electrons. The summed E-state index contributed by atoms with van der Waals surface area (Å²) in [4.78, 5) is 62.0. The van der Waals surface area contributed by atoms with Crippen LogP contribution >= 0.6 is 23.5 Å². The van der Waals surface area contributed by atoms with Crippen molar-refractivity contribution in [2.45, 2.75) is 98.3 Å². The number of hydrogen-bond acceptors (Lipinski definition) is 8. The fourth-order valence-electron chi connectivity index (χ4n) is 5.37. The van der Waals surface area contributed by atoms with Crippen LogP contribution in [0.1, 0.15) is 83.1 Å². The Kier molecular flexibility index (Phi) is 18.7. The predicted octanol–water partition coefficient (Wildman–Crippen LogP) is 5.50. The molecular formula is C30H56N4O6S4+2. The van der Waals surface area contributed by atoms with Gasteiger partial charge in [-0.05, 0) is 74.7 Å². The Hall–Kier alpha value is -1.38. The second kappa shape index (κ2) is 19.3. The van der Waals surface area contributed by atoms with Gasteiger partial charge in [0.1, 0.15) is 5.41 Å². The molecule has 0 N–H and O–H groups in total. The van der Waals surface area contributed by atoms with Crippen molar-refractivity contribution in [2.24, 2.45) is 10.8 Å². The number of rotatable bonds is 19. The Bertz CT molecular complexity index is 983. The van der Waals surface area contributed by atoms with Crippen LogP contribution in [0.15, 0.2) is 0 Å². The second-order valence-electron chi connectivity index (χ2n) is 11.7. The Morgan fingerprint density at radius 3 is 1.41 bits per heavy atom. The van der Waals surface area contributed by atoms with Gasteiger partial charge in [0.15, 0.2) is 0 Å². The minimum Gasteiger partial charge on any atom is -0.338 e. The van der Waals surface area contributed by atoms with Gasteiger partial charge in [-0.1, -0.05) is 37.4 Å². The van der Waals surface area contributed by atoms with Crippen LogP contribution in [0, 0.1) is 10.8 Å². The van der Waals surface area contributed by atoms with Crippen LogP contribution in [0.2, 0.25) is 0 Å². The van der Waals surface area contributed by atoms with Gasteiger partial charge >= 0.3 is 33.3 Å². The van der Waals surface area contributed by atoms with Gasteiger partial charge in [-0.25, -0.2) is 0 Å². The SMILES string of the molecule is CCN(CC)C(=O)SCC(C)(C)C(SC(=O)N(CC)CC)C([S+]=O)(C(=O)N(CC)CC)C(C)(C)C([S+]=O)C(=O)N(CC)CC. The number of thioether (sulfide) groups is 2. The highest BCUT2D eigenvalue weighted by atomic mass is 32.2. The van der Waals surface area contributed by atoms with E-state index in [-0.39, 0.29) is 39.6 Å². The van der Waals surface area contributed by atoms with E-state index >= 15 is 0 Å². The molecule has 3 atom stereocenters. The molecule has 0 aliphatic rings. The third-order valence-electron chi connectivity index (χ3n) is 8.42. The molecule has 10 nitrogen and oxygen atoms in total. The molecular weight excluding hydrogens is 641 g/mol. The van der Waals surface area contributed by atoms with Crippen molar-refractivity contribution >= 4 is 69.1 Å². The Morgan fingerprint density at radius 1 is 0.636 bits per heavy atom. The number of amides is 4. The third-order valence-corrected chi connectivity index (χ3v) is 13.8. The lowest BCUT2D eigenvalue weighted by Gasteiger charge is -2.45. The molecule has 0 aliphatic heterocycles. The third kappa shape index (κ3) is 9.34. The number of carbonyl (C=O) groups is 4. The standard InChI is InChI=1S/C30H56N4O6S4/c1-13-31(14-2)23(35)22(43-39)29(11,12)30(44-40,25(36)32(15-3)16-4)24(42-27(38)34(19-7)20-8)28(9,10)21-41-26(37)33(17-5)18-6/h22,24H,13-21H2,1-12H3/q+2. The zero-order chi connectivity index (χ0) is 34.5. The van der Waals surface area contributed by atoms with Gasteiger partial charge in [-0.2, -0.15) is 0 Å². The quantitative estimate of drug-likeness (QED) is 0.163. The van der Waals surface area contributed by atoms with E-state index in [0.29, 0.717) is 52.4 Å². The van der Waals surface area contributed by atoms with E-state index in [1.165, 1.54) is 4.90 Å². The first-order chi connectivity index (χ1) is 20.6. The summed E-state index contributed by atoms with van der Waals surface area (Å²) in [7, 11) is 0. The topological polar surface area (TPSA) is 115 Å². The van der Waals surface area contributed by atoms with E-state index < -0.39 is 37.9 Å². The van der Waals surface area contributed by atoms with Crippen LogP contribution < -0.4 is 0 Å². The minimum atomic E-state index is -1.94. The van der Waals surface area contributed by atoms with Gasteiger partial charge in [-0.15, -0.1) is 0 Å². The molecule has 14 heteroatoms. The molecule has 0 aromatic carbocycles. The number of hydrogen-bond donors (Lipinski definition) is 0. The summed E-state index contributed by atoms with van der Waals surface area (Å²) in [5.41, 5.74) is -2.48. The molecule has 0 saturated heterocycles. The minimum absolute atomic E-state index is 0.0726. The molecule has 0 fully saturated rings. The zero-order valence-corrected chi connectivity index (χ0v) is 32.2. The molecule has 0 aliphatic carbocycles. The summed E-state index contributed by atoms with van der Waals surface area (Å²) in [6, 6.07) is 0. The number of carbonyl (C=O) groups excluding carboxylic acids is 4. The van der Waals surface area contributed by atoms with Gasteiger partial charge in [0, 0.05) is 66.5 Å². The van der Waals surface area contributed by atoms with Gasteiger partial charge in [0.2, 0.25) is 0 Å². The van der Waals surface area contributed by atoms with E-state index in [4.69, 9.17) is 0 Å². The Morgan fingerprint density at radius 2 is 1.05 bits per heavy atom. The maximum Gasteiger partial charge on any atom is 0.478 e. The van der Waals surface area contributed by atoms with E-state index in [0.717, 1.165) is 23.5 Å². The molecule has 4 amide bonds. The summed E-state index contributed by atoms with van der Waals surface area (Å²) in [6.45, 7) is 24.9. The maximum atomic E-state index is 14.8. The molecule has 0 saturated carbocycles. The first-order valence-electron chi connectivity index (χ1n) is 15.6. The molecule has 0 bridgehead atoms. The van der Waals surface area contributed by atoms with E-state index in [1.807, 2.05) is 69.2 Å². The highest BCUT2D eigenvalue weighted by Gasteiger charge is 2.78. The van der Waals surface area contributed by atoms with Crippen LogP contribution in [0.5, 0.6) is 0 Å². The van der Waals surface area contributed by atoms with Crippen LogP contribution in [0.25, 0.3) is 0 Å². The average Bonchev–Trinajstić information content (AvgIpc) is 2.98. The van der Waals surface area contributed by atoms with Crippen LogP contribution in [-0.2, 0) is 41.3 Å². The van der Waals surface area contributed by atoms with Crippen LogP contribution in [-0.4, -0.2) is 115 Å². The lowest BCUT2D eigenvalue weighted by atomic mass is 9.66. The fourth-order valence-corrected chi connectivity index (χ4v) is 10.1. The summed E-state index contributed by atoms with van der Waals surface area (Å²) >= 11 is 2.16. The van der Waals surface area contributed by atoms with Gasteiger partial charge < -0.3 is 19.6 Å². The van der Waals surface area contributed by atoms with E-state index in [1.54, 1.807) is 28.5 Å². The lowest BCUT2D eigenvalue weighted by molar-refractivity contribution is -0.140. The highest BCUT2D eigenvalue weighted by Crippen LogP contribution is 2.52. The smallest absolute Gasteiger partial charge is 0.338 e. The molecule has 0 rings (SSSR count). The fraction of sp³-hybridized carbons (Fsp3) is 0.867. The molecule has 0 aromatic rings. The molecule has 0 radical (unpaired) electrons. The molecule has 0 spiro atoms. The summed E-state index contributed by atoms with van der Waals surface area (Å²) in [5.74, 6) is -0.764. The van der Waals surface area contributed by atoms with Crippen molar-refractivity contribution in [3.8, 4) is 0 Å². The summed E-state index contributed by atoms with van der Waals surface area (Å²) < 4.78 is 24.8. The van der Waals surface area contributed by atoms with Gasteiger partial charge in [0.25, 0.3) is 22.3 Å². The molecule has 3 unspecified atom stereocenters. The first kappa shape index (κ1) is 42.6. The lowest BCUT2D eigenvalue weighted by Crippen LogP contribution is -2.70. The largest absolute Gasteiger partial charge is 0.478 e. The predicted molar refractivity (Wildman–Crippen MR) is 187 cm³/mol. The van der Waals surface area contributed by atoms with Crippen molar-refractivity contribution in [1.29, 1.82) is 0 Å². The monoisotopic (exact) mass is 696 g/mol. The van der Waals surface area contributed by atoms with Crippen molar-refractivity contribution < 1.29 is 27.6 Å². The van der Waals surface area contributed by atoms with Crippen LogP contribution in [0.3, 0.4) is 0 Å². The summed E-state index contributed by atoms with van der Waals surface area (Å²) in [5, 5.41) is -2.75. The van der Waals surface area contributed by atoms with Gasteiger partial charge in [-0.3, -0.25) is 19.2 Å². The Labute approximate surface area is 282 Å².